The Labute approximate surface area is 139 Å². The normalized spacial score (nSPS) is 10.8. The number of benzene rings is 1. The number of hydrogen-bond acceptors (Lipinski definition) is 7. The maximum absolute atomic E-state index is 11.9. The van der Waals surface area contributed by atoms with Crippen LogP contribution in [0.4, 0.5) is 5.13 Å². The molecule has 0 bridgehead atoms. The number of anilines is 1. The molecule has 3 rings (SSSR count). The molecule has 23 heavy (non-hydrogen) atoms. The number of hydrogen-bond donors (Lipinski definition) is 2. The molecule has 0 atom stereocenters. The van der Waals surface area contributed by atoms with Gasteiger partial charge in [-0.1, -0.05) is 42.2 Å². The van der Waals surface area contributed by atoms with E-state index in [0.717, 1.165) is 11.4 Å². The third-order valence-corrected chi connectivity index (χ3v) is 4.80. The maximum Gasteiger partial charge on any atom is 0.259 e. The van der Waals surface area contributed by atoms with Crippen molar-refractivity contribution in [1.29, 1.82) is 0 Å². The standard InChI is InChI=1S/C14H13N5O2S2/c1-2-11-18-19-14(23-11)16-10(20)7-22-13-15-9-6-4-3-5-8(9)12(21)17-13/h3-6H,2,7H2,1H3,(H,15,17,21)(H,16,19,20). The minimum absolute atomic E-state index is 0.127. The third kappa shape index (κ3) is 3.74. The molecule has 7 nitrogen and oxygen atoms in total. The molecule has 1 aromatic carbocycles. The molecule has 118 valence electrons. The van der Waals surface area contributed by atoms with E-state index in [4.69, 9.17) is 0 Å². The van der Waals surface area contributed by atoms with Crippen LogP contribution in [0, 0.1) is 0 Å². The number of fused-ring (bicyclic) bond motifs is 1. The summed E-state index contributed by atoms with van der Waals surface area (Å²) in [5, 5.41) is 12.8. The van der Waals surface area contributed by atoms with Crippen LogP contribution in [-0.4, -0.2) is 31.8 Å². The lowest BCUT2D eigenvalue weighted by atomic mass is 10.2. The van der Waals surface area contributed by atoms with Gasteiger partial charge in [-0.05, 0) is 18.6 Å². The lowest BCUT2D eigenvalue weighted by molar-refractivity contribution is -0.113. The largest absolute Gasteiger partial charge is 0.301 e. The molecule has 0 unspecified atom stereocenters. The Kier molecular flexibility index (Phi) is 4.68. The van der Waals surface area contributed by atoms with Gasteiger partial charge in [-0.3, -0.25) is 14.9 Å². The number of carbonyl (C=O) groups excluding carboxylic acids is 1. The molecule has 2 N–H and O–H groups in total. The molecular weight excluding hydrogens is 334 g/mol. The fourth-order valence-corrected chi connectivity index (χ4v) is 3.23. The predicted octanol–water partition coefficient (Wildman–Crippen LogP) is 2.07. The van der Waals surface area contributed by atoms with Crippen molar-refractivity contribution in [2.45, 2.75) is 18.5 Å². The highest BCUT2D eigenvalue weighted by atomic mass is 32.2. The van der Waals surface area contributed by atoms with Crippen molar-refractivity contribution in [2.24, 2.45) is 0 Å². The van der Waals surface area contributed by atoms with E-state index < -0.39 is 0 Å². The first-order valence-electron chi connectivity index (χ1n) is 6.90. The number of aryl methyl sites for hydroxylation is 1. The minimum Gasteiger partial charge on any atom is -0.301 e. The van der Waals surface area contributed by atoms with Crippen LogP contribution in [-0.2, 0) is 11.2 Å². The molecule has 2 heterocycles. The Morgan fingerprint density at radius 1 is 1.35 bits per heavy atom. The highest BCUT2D eigenvalue weighted by molar-refractivity contribution is 7.99. The lowest BCUT2D eigenvalue weighted by Gasteiger charge is -2.02. The van der Waals surface area contributed by atoms with Gasteiger partial charge in [0.2, 0.25) is 11.0 Å². The zero-order valence-corrected chi connectivity index (χ0v) is 13.8. The summed E-state index contributed by atoms with van der Waals surface area (Å²) < 4.78 is 0. The fraction of sp³-hybridized carbons (Fsp3) is 0.214. The van der Waals surface area contributed by atoms with Crippen molar-refractivity contribution in [1.82, 2.24) is 20.2 Å². The number of aromatic amines is 1. The van der Waals surface area contributed by atoms with Crippen molar-refractivity contribution in [2.75, 3.05) is 11.1 Å². The number of nitrogens with one attached hydrogen (secondary N) is 2. The number of amides is 1. The van der Waals surface area contributed by atoms with Crippen LogP contribution >= 0.6 is 23.1 Å². The number of nitrogens with zero attached hydrogens (tertiary/aromatic N) is 3. The average Bonchev–Trinajstić information content (AvgIpc) is 3.00. The van der Waals surface area contributed by atoms with E-state index in [2.05, 4.69) is 25.5 Å². The second-order valence-electron chi connectivity index (χ2n) is 4.58. The number of rotatable bonds is 5. The zero-order valence-electron chi connectivity index (χ0n) is 12.2. The highest BCUT2D eigenvalue weighted by Crippen LogP contribution is 2.18. The summed E-state index contributed by atoms with van der Waals surface area (Å²) in [7, 11) is 0. The van der Waals surface area contributed by atoms with Crippen molar-refractivity contribution in [3.63, 3.8) is 0 Å². The Hall–Kier alpha value is -2.26. The summed E-state index contributed by atoms with van der Waals surface area (Å²) in [6.07, 6.45) is 0.782. The number of thioether (sulfide) groups is 1. The van der Waals surface area contributed by atoms with Gasteiger partial charge >= 0.3 is 0 Å². The van der Waals surface area contributed by atoms with Crippen molar-refractivity contribution in [3.05, 3.63) is 39.6 Å². The number of H-pyrrole nitrogens is 1. The molecule has 0 fully saturated rings. The minimum atomic E-state index is -0.218. The van der Waals surface area contributed by atoms with Crippen LogP contribution in [0.25, 0.3) is 10.9 Å². The first kappa shape index (κ1) is 15.6. The van der Waals surface area contributed by atoms with Gasteiger partial charge in [-0.2, -0.15) is 0 Å². The van der Waals surface area contributed by atoms with Crippen molar-refractivity contribution < 1.29 is 4.79 Å². The smallest absolute Gasteiger partial charge is 0.259 e. The summed E-state index contributed by atoms with van der Waals surface area (Å²) in [5.74, 6) is -0.0907. The van der Waals surface area contributed by atoms with Crippen LogP contribution in [0.5, 0.6) is 0 Å². The van der Waals surface area contributed by atoms with E-state index in [9.17, 15) is 9.59 Å². The molecule has 0 spiro atoms. The van der Waals surface area contributed by atoms with Crippen LogP contribution in [0.3, 0.4) is 0 Å². The van der Waals surface area contributed by atoms with Crippen LogP contribution in [0.2, 0.25) is 0 Å². The molecule has 0 saturated carbocycles. The van der Waals surface area contributed by atoms with Crippen molar-refractivity contribution in [3.8, 4) is 0 Å². The lowest BCUT2D eigenvalue weighted by Crippen LogP contribution is -2.15. The molecular formula is C14H13N5O2S2. The van der Waals surface area contributed by atoms with Gasteiger partial charge in [0.1, 0.15) is 5.01 Å². The van der Waals surface area contributed by atoms with Crippen LogP contribution in [0.15, 0.2) is 34.2 Å². The summed E-state index contributed by atoms with van der Waals surface area (Å²) in [6.45, 7) is 1.98. The maximum atomic E-state index is 11.9. The number of carbonyl (C=O) groups is 1. The SMILES string of the molecule is CCc1nnc(NC(=O)CSc2nc3ccccc3c(=O)[nH]2)s1. The van der Waals surface area contributed by atoms with Gasteiger partial charge < -0.3 is 4.98 Å². The topological polar surface area (TPSA) is 101 Å². The molecule has 0 aliphatic rings. The predicted molar refractivity (Wildman–Crippen MR) is 91.0 cm³/mol. The Morgan fingerprint density at radius 3 is 2.96 bits per heavy atom. The van der Waals surface area contributed by atoms with E-state index >= 15 is 0 Å². The first-order chi connectivity index (χ1) is 11.2. The average molecular weight is 347 g/mol. The third-order valence-electron chi connectivity index (χ3n) is 2.95. The van der Waals surface area contributed by atoms with E-state index in [-0.39, 0.29) is 17.2 Å². The molecule has 3 aromatic rings. The van der Waals surface area contributed by atoms with Gasteiger partial charge in [0, 0.05) is 0 Å². The number of para-hydroxylation sites is 1. The second kappa shape index (κ2) is 6.88. The molecule has 1 amide bonds. The summed E-state index contributed by atoms with van der Waals surface area (Å²) in [4.78, 5) is 30.9. The van der Waals surface area contributed by atoms with Gasteiger partial charge in [-0.15, -0.1) is 10.2 Å². The highest BCUT2D eigenvalue weighted by Gasteiger charge is 2.10. The van der Waals surface area contributed by atoms with E-state index in [1.165, 1.54) is 23.1 Å². The number of aromatic nitrogens is 4. The zero-order chi connectivity index (χ0) is 16.2. The van der Waals surface area contributed by atoms with Gasteiger partial charge in [0.05, 0.1) is 16.7 Å². The molecule has 0 aliphatic carbocycles. The molecule has 0 aliphatic heterocycles. The van der Waals surface area contributed by atoms with Crippen molar-refractivity contribution >= 4 is 45.0 Å². The van der Waals surface area contributed by atoms with E-state index in [1.54, 1.807) is 18.2 Å². The Balaban J connectivity index is 1.65. The first-order valence-corrected chi connectivity index (χ1v) is 8.70. The van der Waals surface area contributed by atoms with Crippen LogP contribution < -0.4 is 10.9 Å². The molecule has 0 saturated heterocycles. The summed E-state index contributed by atoms with van der Waals surface area (Å²) >= 11 is 2.52. The molecule has 0 radical (unpaired) electrons. The summed E-state index contributed by atoms with van der Waals surface area (Å²) in [5.41, 5.74) is 0.395. The molecule has 2 aromatic heterocycles. The Bertz CT molecular complexity index is 905. The fourth-order valence-electron chi connectivity index (χ4n) is 1.87. The second-order valence-corrected chi connectivity index (χ2v) is 6.61. The monoisotopic (exact) mass is 347 g/mol. The van der Waals surface area contributed by atoms with Gasteiger partial charge in [-0.25, -0.2) is 4.98 Å². The van der Waals surface area contributed by atoms with E-state index in [1.807, 2.05) is 13.0 Å². The Morgan fingerprint density at radius 2 is 2.17 bits per heavy atom. The molecule has 9 heteroatoms. The van der Waals surface area contributed by atoms with Gasteiger partial charge in [0.25, 0.3) is 5.56 Å². The van der Waals surface area contributed by atoms with E-state index in [0.29, 0.717) is 21.2 Å². The quantitative estimate of drug-likeness (QED) is 0.541. The van der Waals surface area contributed by atoms with Crippen LogP contribution in [0.1, 0.15) is 11.9 Å². The van der Waals surface area contributed by atoms with Gasteiger partial charge in [0.15, 0.2) is 5.16 Å². The summed E-state index contributed by atoms with van der Waals surface area (Å²) in [6, 6.07) is 7.08.